The molecular formula is C23H23FN4O5. The highest BCUT2D eigenvalue weighted by molar-refractivity contribution is 6.00. The number of nitrogens with zero attached hydrogens (tertiary/aromatic N) is 3. The van der Waals surface area contributed by atoms with Gasteiger partial charge in [0.15, 0.2) is 0 Å². The Labute approximate surface area is 189 Å². The van der Waals surface area contributed by atoms with Crippen molar-refractivity contribution in [2.24, 2.45) is 5.92 Å². The second kappa shape index (κ2) is 8.97. The number of carbonyl (C=O) groups is 3. The normalized spacial score (nSPS) is 17.7. The van der Waals surface area contributed by atoms with Gasteiger partial charge in [-0.15, -0.1) is 0 Å². The van der Waals surface area contributed by atoms with Crippen molar-refractivity contribution >= 4 is 29.1 Å². The van der Waals surface area contributed by atoms with Crippen LogP contribution in [0.25, 0.3) is 0 Å². The number of rotatable bonds is 7. The molecule has 1 heterocycles. The van der Waals surface area contributed by atoms with Gasteiger partial charge in [0.2, 0.25) is 17.6 Å². The SMILES string of the molecule is CN(Cc1ccc(C(=O)NC2CC2)cc1)C(=O)C1CC(=O)N(c2ccc(F)c([N+](=O)[O-])c2)C1. The summed E-state index contributed by atoms with van der Waals surface area (Å²) in [5.74, 6) is -2.31. The van der Waals surface area contributed by atoms with E-state index in [1.165, 1.54) is 15.9 Å². The quantitative estimate of drug-likeness (QED) is 0.511. The Morgan fingerprint density at radius 1 is 1.21 bits per heavy atom. The number of halogens is 1. The number of nitro benzene ring substituents is 1. The second-order valence-electron chi connectivity index (χ2n) is 8.44. The average Bonchev–Trinajstić information content (AvgIpc) is 3.52. The monoisotopic (exact) mass is 454 g/mol. The first kappa shape index (κ1) is 22.4. The van der Waals surface area contributed by atoms with Gasteiger partial charge in [0.1, 0.15) is 0 Å². The van der Waals surface area contributed by atoms with E-state index < -0.39 is 22.3 Å². The van der Waals surface area contributed by atoms with Crippen molar-refractivity contribution in [2.75, 3.05) is 18.5 Å². The van der Waals surface area contributed by atoms with Gasteiger partial charge in [0, 0.05) is 44.2 Å². The molecule has 9 nitrogen and oxygen atoms in total. The minimum absolute atomic E-state index is 0.0331. The van der Waals surface area contributed by atoms with Crippen LogP contribution in [0.4, 0.5) is 15.8 Å². The summed E-state index contributed by atoms with van der Waals surface area (Å²) in [4.78, 5) is 50.4. The van der Waals surface area contributed by atoms with E-state index in [-0.39, 0.29) is 42.4 Å². The fraction of sp³-hybridized carbons (Fsp3) is 0.348. The molecule has 10 heteroatoms. The zero-order valence-corrected chi connectivity index (χ0v) is 18.0. The van der Waals surface area contributed by atoms with E-state index in [0.29, 0.717) is 12.1 Å². The Balaban J connectivity index is 1.38. The molecule has 1 unspecified atom stereocenters. The third-order valence-corrected chi connectivity index (χ3v) is 5.84. The fourth-order valence-electron chi connectivity index (χ4n) is 3.85. The Hall–Kier alpha value is -3.82. The average molecular weight is 454 g/mol. The molecule has 1 saturated heterocycles. The van der Waals surface area contributed by atoms with Gasteiger partial charge in [0.05, 0.1) is 16.5 Å². The molecular weight excluding hydrogens is 431 g/mol. The molecule has 3 amide bonds. The van der Waals surface area contributed by atoms with Gasteiger partial charge in [-0.3, -0.25) is 24.5 Å². The Morgan fingerprint density at radius 3 is 2.55 bits per heavy atom. The first-order chi connectivity index (χ1) is 15.7. The number of benzene rings is 2. The van der Waals surface area contributed by atoms with Crippen LogP contribution in [0.15, 0.2) is 42.5 Å². The van der Waals surface area contributed by atoms with E-state index in [1.807, 2.05) is 0 Å². The number of nitrogens with one attached hydrogen (secondary N) is 1. The number of carbonyl (C=O) groups excluding carboxylic acids is 3. The number of hydrogen-bond acceptors (Lipinski definition) is 5. The maximum absolute atomic E-state index is 13.6. The summed E-state index contributed by atoms with van der Waals surface area (Å²) < 4.78 is 13.6. The molecule has 0 aromatic heterocycles. The predicted molar refractivity (Wildman–Crippen MR) is 117 cm³/mol. The van der Waals surface area contributed by atoms with E-state index in [4.69, 9.17) is 0 Å². The zero-order chi connectivity index (χ0) is 23.7. The summed E-state index contributed by atoms with van der Waals surface area (Å²) >= 11 is 0. The van der Waals surface area contributed by atoms with E-state index in [9.17, 15) is 28.9 Å². The van der Waals surface area contributed by atoms with Crippen LogP contribution in [0.5, 0.6) is 0 Å². The van der Waals surface area contributed by atoms with Gasteiger partial charge in [-0.2, -0.15) is 4.39 Å². The summed E-state index contributed by atoms with van der Waals surface area (Å²) in [5.41, 5.74) is 0.863. The molecule has 1 atom stereocenters. The molecule has 1 aliphatic heterocycles. The Bertz CT molecular complexity index is 1120. The highest BCUT2D eigenvalue weighted by Crippen LogP contribution is 2.30. The van der Waals surface area contributed by atoms with Crippen molar-refractivity contribution in [3.05, 3.63) is 69.5 Å². The van der Waals surface area contributed by atoms with Crippen molar-refractivity contribution in [1.29, 1.82) is 0 Å². The van der Waals surface area contributed by atoms with Gasteiger partial charge in [-0.1, -0.05) is 12.1 Å². The summed E-state index contributed by atoms with van der Waals surface area (Å²) in [6.45, 7) is 0.362. The number of nitro groups is 1. The van der Waals surface area contributed by atoms with Crippen LogP contribution in [0.2, 0.25) is 0 Å². The van der Waals surface area contributed by atoms with Crippen LogP contribution in [0.3, 0.4) is 0 Å². The van der Waals surface area contributed by atoms with Crippen molar-refractivity contribution in [3.63, 3.8) is 0 Å². The summed E-state index contributed by atoms with van der Waals surface area (Å²) in [7, 11) is 1.63. The molecule has 2 aliphatic rings. The maximum Gasteiger partial charge on any atom is 0.306 e. The van der Waals surface area contributed by atoms with E-state index in [1.54, 1.807) is 31.3 Å². The topological polar surface area (TPSA) is 113 Å². The standard InChI is InChI=1S/C23H23FN4O5/c1-26(12-14-2-4-15(5-3-14)22(30)25-17-6-7-17)23(31)16-10-21(29)27(13-16)18-8-9-19(24)20(11-18)28(32)33/h2-5,8-9,11,16-17H,6-7,10,12-13H2,1H3,(H,25,30). The summed E-state index contributed by atoms with van der Waals surface area (Å²) in [5, 5.41) is 13.9. The summed E-state index contributed by atoms with van der Waals surface area (Å²) in [6, 6.07) is 10.5. The molecule has 172 valence electrons. The lowest BCUT2D eigenvalue weighted by Crippen LogP contribution is -2.34. The molecule has 33 heavy (non-hydrogen) atoms. The van der Waals surface area contributed by atoms with E-state index in [0.717, 1.165) is 30.5 Å². The lowest BCUT2D eigenvalue weighted by molar-refractivity contribution is -0.387. The van der Waals surface area contributed by atoms with E-state index >= 15 is 0 Å². The maximum atomic E-state index is 13.6. The number of amides is 3. The third kappa shape index (κ3) is 5.00. The van der Waals surface area contributed by atoms with Gasteiger partial charge >= 0.3 is 5.69 Å². The lowest BCUT2D eigenvalue weighted by atomic mass is 10.1. The van der Waals surface area contributed by atoms with Crippen LogP contribution in [-0.4, -0.2) is 47.2 Å². The van der Waals surface area contributed by atoms with Crippen LogP contribution >= 0.6 is 0 Å². The van der Waals surface area contributed by atoms with Gasteiger partial charge in [0.25, 0.3) is 5.91 Å². The molecule has 2 fully saturated rings. The molecule has 1 aliphatic carbocycles. The minimum Gasteiger partial charge on any atom is -0.349 e. The molecule has 1 saturated carbocycles. The largest absolute Gasteiger partial charge is 0.349 e. The highest BCUT2D eigenvalue weighted by atomic mass is 19.1. The molecule has 2 aromatic rings. The van der Waals surface area contributed by atoms with Crippen molar-refractivity contribution in [1.82, 2.24) is 10.2 Å². The number of hydrogen-bond donors (Lipinski definition) is 1. The zero-order valence-electron chi connectivity index (χ0n) is 18.0. The predicted octanol–water partition coefficient (Wildman–Crippen LogP) is 2.64. The molecule has 0 radical (unpaired) electrons. The van der Waals surface area contributed by atoms with Crippen molar-refractivity contribution < 1.29 is 23.7 Å². The molecule has 1 N–H and O–H groups in total. The molecule has 4 rings (SSSR count). The van der Waals surface area contributed by atoms with Crippen LogP contribution < -0.4 is 10.2 Å². The van der Waals surface area contributed by atoms with Crippen LogP contribution in [0.1, 0.15) is 35.2 Å². The Kier molecular flexibility index (Phi) is 6.08. The lowest BCUT2D eigenvalue weighted by Gasteiger charge is -2.22. The fourth-order valence-corrected chi connectivity index (χ4v) is 3.85. The Morgan fingerprint density at radius 2 is 1.91 bits per heavy atom. The highest BCUT2D eigenvalue weighted by Gasteiger charge is 2.37. The molecule has 0 bridgehead atoms. The first-order valence-corrected chi connectivity index (χ1v) is 10.6. The van der Waals surface area contributed by atoms with Crippen molar-refractivity contribution in [2.45, 2.75) is 31.8 Å². The third-order valence-electron chi connectivity index (χ3n) is 5.84. The minimum atomic E-state index is -0.987. The van der Waals surface area contributed by atoms with Gasteiger partial charge < -0.3 is 15.1 Å². The van der Waals surface area contributed by atoms with Crippen LogP contribution in [-0.2, 0) is 16.1 Å². The van der Waals surface area contributed by atoms with Gasteiger partial charge in [-0.25, -0.2) is 0 Å². The number of anilines is 1. The summed E-state index contributed by atoms with van der Waals surface area (Å²) in [6.07, 6.45) is 1.99. The van der Waals surface area contributed by atoms with E-state index in [2.05, 4.69) is 5.32 Å². The molecule has 2 aromatic carbocycles. The van der Waals surface area contributed by atoms with Crippen LogP contribution in [0, 0.1) is 21.8 Å². The van der Waals surface area contributed by atoms with Crippen molar-refractivity contribution in [3.8, 4) is 0 Å². The first-order valence-electron chi connectivity index (χ1n) is 10.6. The van der Waals surface area contributed by atoms with Gasteiger partial charge in [-0.05, 0) is 42.7 Å². The molecule has 0 spiro atoms. The second-order valence-corrected chi connectivity index (χ2v) is 8.44. The smallest absolute Gasteiger partial charge is 0.306 e.